The Morgan fingerprint density at radius 3 is 1.86 bits per heavy atom. The van der Waals surface area contributed by atoms with Crippen molar-refractivity contribution in [3.05, 3.63) is 37.9 Å². The van der Waals surface area contributed by atoms with Gasteiger partial charge in [-0.3, -0.25) is 39.4 Å². The molecule has 1 aromatic carbocycles. The molecule has 0 N–H and O–H groups in total. The first-order valence-corrected chi connectivity index (χ1v) is 10.6. The monoisotopic (exact) mass is 528 g/mol. The molecule has 0 aliphatic carbocycles. The van der Waals surface area contributed by atoms with Crippen molar-refractivity contribution in [2.45, 2.75) is 65.3 Å². The van der Waals surface area contributed by atoms with Crippen molar-refractivity contribution in [2.24, 2.45) is 0 Å². The number of aryl methyl sites for hydroxylation is 1. The summed E-state index contributed by atoms with van der Waals surface area (Å²) in [6, 6.07) is 1.67. The minimum Gasteiger partial charge on any atom is -0.463 e. The number of benzene rings is 1. The van der Waals surface area contributed by atoms with Gasteiger partial charge in [0, 0.05) is 39.3 Å². The molecule has 0 amide bonds. The number of nitro groups is 2. The van der Waals surface area contributed by atoms with E-state index in [9.17, 15) is 39.4 Å². The van der Waals surface area contributed by atoms with Crippen LogP contribution in [-0.4, -0.2) is 71.0 Å². The van der Waals surface area contributed by atoms with Gasteiger partial charge in [0.1, 0.15) is 12.7 Å². The van der Waals surface area contributed by atoms with E-state index in [4.69, 9.17) is 28.4 Å². The van der Waals surface area contributed by atoms with Gasteiger partial charge in [-0.2, -0.15) is 0 Å². The standard InChI is InChI=1S/C21H24N2O14/c1-9-6-14(22(28)29)7-15(23(30)31)17(9)37-21-20(35-13(5)27)19(34-12(4)26)18(33-11(3)25)16(36-21)8-32-10(2)24/h6-7,16,18-21H,8H2,1-5H3/t16-,18+,19+,20-,21+/m0/s1. The van der Waals surface area contributed by atoms with Crippen molar-refractivity contribution in [3.63, 3.8) is 0 Å². The van der Waals surface area contributed by atoms with Gasteiger partial charge in [-0.15, -0.1) is 0 Å². The lowest BCUT2D eigenvalue weighted by molar-refractivity contribution is -0.395. The zero-order valence-electron chi connectivity index (χ0n) is 20.4. The van der Waals surface area contributed by atoms with Crippen LogP contribution in [0.5, 0.6) is 5.75 Å². The van der Waals surface area contributed by atoms with Gasteiger partial charge in [0.25, 0.3) is 5.69 Å². The van der Waals surface area contributed by atoms with Gasteiger partial charge in [-0.1, -0.05) is 0 Å². The molecule has 1 aromatic rings. The minimum atomic E-state index is -1.75. The Bertz CT molecular complexity index is 1100. The van der Waals surface area contributed by atoms with Gasteiger partial charge in [0.05, 0.1) is 15.9 Å². The van der Waals surface area contributed by atoms with Crippen LogP contribution in [0.1, 0.15) is 33.3 Å². The molecule has 0 unspecified atom stereocenters. The van der Waals surface area contributed by atoms with E-state index < -0.39 is 88.2 Å². The average Bonchev–Trinajstić information content (AvgIpc) is 2.76. The van der Waals surface area contributed by atoms with E-state index in [-0.39, 0.29) is 5.56 Å². The number of non-ortho nitro benzene ring substituents is 1. The molecule has 1 saturated heterocycles. The summed E-state index contributed by atoms with van der Waals surface area (Å²) >= 11 is 0. The number of carbonyl (C=O) groups is 4. The molecule has 0 radical (unpaired) electrons. The van der Waals surface area contributed by atoms with Gasteiger partial charge >= 0.3 is 29.6 Å². The maximum absolute atomic E-state index is 11.9. The Kier molecular flexibility index (Phi) is 9.42. The van der Waals surface area contributed by atoms with Crippen LogP contribution in [0.25, 0.3) is 0 Å². The molecular formula is C21H24N2O14. The summed E-state index contributed by atoms with van der Waals surface area (Å²) in [5.74, 6) is -3.86. The van der Waals surface area contributed by atoms with E-state index in [1.807, 2.05) is 0 Å². The Morgan fingerprint density at radius 2 is 1.38 bits per heavy atom. The zero-order valence-corrected chi connectivity index (χ0v) is 20.4. The van der Waals surface area contributed by atoms with Crippen molar-refractivity contribution in [2.75, 3.05) is 6.61 Å². The normalized spacial score (nSPS) is 22.8. The molecule has 0 bridgehead atoms. The molecule has 37 heavy (non-hydrogen) atoms. The Balaban J connectivity index is 2.63. The molecule has 1 heterocycles. The predicted octanol–water partition coefficient (Wildman–Crippen LogP) is 1.27. The van der Waals surface area contributed by atoms with Gasteiger partial charge in [-0.25, -0.2) is 0 Å². The van der Waals surface area contributed by atoms with E-state index in [0.717, 1.165) is 33.8 Å². The highest BCUT2D eigenvalue weighted by Crippen LogP contribution is 2.38. The largest absolute Gasteiger partial charge is 0.463 e. The van der Waals surface area contributed by atoms with E-state index in [1.165, 1.54) is 6.92 Å². The van der Waals surface area contributed by atoms with Crippen LogP contribution in [0.3, 0.4) is 0 Å². The van der Waals surface area contributed by atoms with Crippen molar-refractivity contribution >= 4 is 35.3 Å². The number of hydrogen-bond donors (Lipinski definition) is 0. The molecule has 16 nitrogen and oxygen atoms in total. The first-order valence-electron chi connectivity index (χ1n) is 10.6. The second-order valence-electron chi connectivity index (χ2n) is 7.81. The summed E-state index contributed by atoms with van der Waals surface area (Å²) in [5.41, 5.74) is -1.44. The second-order valence-corrected chi connectivity index (χ2v) is 7.81. The van der Waals surface area contributed by atoms with E-state index >= 15 is 0 Å². The third kappa shape index (κ3) is 7.57. The first-order chi connectivity index (χ1) is 17.2. The van der Waals surface area contributed by atoms with Gasteiger partial charge < -0.3 is 28.4 Å². The van der Waals surface area contributed by atoms with Crippen LogP contribution in [0, 0.1) is 27.2 Å². The minimum absolute atomic E-state index is 0.0474. The predicted molar refractivity (Wildman–Crippen MR) is 117 cm³/mol. The maximum atomic E-state index is 11.9. The fraction of sp³-hybridized carbons (Fsp3) is 0.524. The molecule has 5 atom stereocenters. The van der Waals surface area contributed by atoms with E-state index in [0.29, 0.717) is 6.07 Å². The highest BCUT2D eigenvalue weighted by molar-refractivity contribution is 5.69. The van der Waals surface area contributed by atoms with Crippen LogP contribution in [-0.2, 0) is 42.9 Å². The van der Waals surface area contributed by atoms with Gasteiger partial charge in [0.15, 0.2) is 12.2 Å². The van der Waals surface area contributed by atoms with Crippen molar-refractivity contribution < 1.29 is 57.4 Å². The number of carbonyl (C=O) groups excluding carboxylic acids is 4. The number of ether oxygens (including phenoxy) is 6. The second kappa shape index (κ2) is 12.1. The lowest BCUT2D eigenvalue weighted by atomic mass is 9.98. The summed E-state index contributed by atoms with van der Waals surface area (Å²) < 4.78 is 32.1. The van der Waals surface area contributed by atoms with Crippen molar-refractivity contribution in [3.8, 4) is 5.75 Å². The molecule has 202 valence electrons. The molecule has 2 rings (SSSR count). The average molecular weight is 528 g/mol. The van der Waals surface area contributed by atoms with E-state index in [2.05, 4.69) is 0 Å². The fourth-order valence-corrected chi connectivity index (χ4v) is 3.53. The zero-order chi connectivity index (χ0) is 28.0. The van der Waals surface area contributed by atoms with Crippen LogP contribution in [0.15, 0.2) is 12.1 Å². The molecular weight excluding hydrogens is 504 g/mol. The van der Waals surface area contributed by atoms with Gasteiger partial charge in [0.2, 0.25) is 18.1 Å². The highest BCUT2D eigenvalue weighted by atomic mass is 16.7. The maximum Gasteiger partial charge on any atom is 0.318 e. The smallest absolute Gasteiger partial charge is 0.318 e. The summed E-state index contributed by atoms with van der Waals surface area (Å²) in [4.78, 5) is 68.0. The van der Waals surface area contributed by atoms with Gasteiger partial charge in [-0.05, 0) is 6.92 Å². The van der Waals surface area contributed by atoms with E-state index in [1.54, 1.807) is 0 Å². The van der Waals surface area contributed by atoms with Crippen LogP contribution < -0.4 is 4.74 Å². The molecule has 1 aliphatic heterocycles. The summed E-state index contributed by atoms with van der Waals surface area (Å²) in [7, 11) is 0. The summed E-state index contributed by atoms with van der Waals surface area (Å²) in [5, 5.41) is 22.8. The molecule has 1 aliphatic rings. The first kappa shape index (κ1) is 28.9. The number of nitro benzene ring substituents is 2. The highest BCUT2D eigenvalue weighted by Gasteiger charge is 2.53. The molecule has 0 saturated carbocycles. The number of rotatable bonds is 9. The number of esters is 4. The lowest BCUT2D eigenvalue weighted by Crippen LogP contribution is -2.63. The van der Waals surface area contributed by atoms with Crippen molar-refractivity contribution in [1.82, 2.24) is 0 Å². The van der Waals surface area contributed by atoms with Crippen LogP contribution in [0.2, 0.25) is 0 Å². The molecule has 1 fully saturated rings. The molecule has 0 aromatic heterocycles. The fourth-order valence-electron chi connectivity index (χ4n) is 3.53. The quantitative estimate of drug-likeness (QED) is 0.191. The Hall–Kier alpha value is -4.34. The third-order valence-electron chi connectivity index (χ3n) is 4.83. The Labute approximate surface area is 209 Å². The number of nitrogens with zero attached hydrogens (tertiary/aromatic N) is 2. The Morgan fingerprint density at radius 1 is 0.838 bits per heavy atom. The third-order valence-corrected chi connectivity index (χ3v) is 4.83. The lowest BCUT2D eigenvalue weighted by Gasteiger charge is -2.43. The van der Waals surface area contributed by atoms with Crippen molar-refractivity contribution in [1.29, 1.82) is 0 Å². The SMILES string of the molecule is CC(=O)OC[C@@H]1O[C@H](Oc2c(C)cc([N+](=O)[O-])cc2[N+](=O)[O-])[C@@H](OC(C)=O)[C@H](OC(C)=O)[C@@H]1OC(C)=O. The van der Waals surface area contributed by atoms with Crippen LogP contribution >= 0.6 is 0 Å². The topological polar surface area (TPSA) is 210 Å². The molecule has 0 spiro atoms. The summed E-state index contributed by atoms with van der Waals surface area (Å²) in [6.07, 6.45) is -7.78. The number of hydrogen-bond acceptors (Lipinski definition) is 14. The van der Waals surface area contributed by atoms with Crippen LogP contribution in [0.4, 0.5) is 11.4 Å². The summed E-state index contributed by atoms with van der Waals surface area (Å²) in [6.45, 7) is 4.91. The molecule has 16 heteroatoms.